The van der Waals surface area contributed by atoms with E-state index in [1.54, 1.807) is 18.4 Å². The van der Waals surface area contributed by atoms with Gasteiger partial charge in [-0.15, -0.1) is 11.3 Å². The Morgan fingerprint density at radius 1 is 1.32 bits per heavy atom. The minimum atomic E-state index is -0.183. The molecule has 3 rings (SSSR count). The number of carbonyl (C=O) groups excluding carboxylic acids is 1. The number of likely N-dealkylation sites (tertiary alicyclic amines) is 1. The average molecular weight is 444 g/mol. The highest BCUT2D eigenvalue weighted by Crippen LogP contribution is 2.19. The molecule has 2 heterocycles. The molecule has 4 N–H and O–H groups in total. The highest BCUT2D eigenvalue weighted by Gasteiger charge is 2.23. The van der Waals surface area contributed by atoms with Gasteiger partial charge in [-0.1, -0.05) is 24.3 Å². The molecule has 2 aromatic rings. The third-order valence-electron chi connectivity index (χ3n) is 5.35. The standard InChI is InChI=1S/C22H33N7OS/c1-24-21(26-12-19-15-31-22(27-19)28(2)3)25-11-16-6-4-7-17(10-16)13-29-9-5-8-18(14-29)20(23)30/h4,6-7,10,15,18H,5,8-9,11-14H2,1-3H3,(H2,23,30)(H2,24,25,26). The number of nitrogens with zero attached hydrogens (tertiary/aromatic N) is 4. The molecule has 1 fully saturated rings. The van der Waals surface area contributed by atoms with E-state index in [-0.39, 0.29) is 11.8 Å². The van der Waals surface area contributed by atoms with Crippen molar-refractivity contribution in [3.63, 3.8) is 0 Å². The van der Waals surface area contributed by atoms with Crippen LogP contribution in [-0.2, 0) is 24.4 Å². The van der Waals surface area contributed by atoms with Crippen molar-refractivity contribution in [1.29, 1.82) is 0 Å². The van der Waals surface area contributed by atoms with Crippen molar-refractivity contribution in [3.05, 3.63) is 46.5 Å². The Balaban J connectivity index is 1.49. The molecule has 1 saturated heterocycles. The summed E-state index contributed by atoms with van der Waals surface area (Å²) >= 11 is 1.63. The maximum Gasteiger partial charge on any atom is 0.221 e. The molecule has 9 heteroatoms. The number of guanidine groups is 1. The Hall–Kier alpha value is -2.65. The van der Waals surface area contributed by atoms with Gasteiger partial charge in [0.15, 0.2) is 11.1 Å². The van der Waals surface area contributed by atoms with Gasteiger partial charge in [0.1, 0.15) is 0 Å². The quantitative estimate of drug-likeness (QED) is 0.425. The van der Waals surface area contributed by atoms with Crippen molar-refractivity contribution in [2.75, 3.05) is 39.1 Å². The van der Waals surface area contributed by atoms with E-state index in [2.05, 4.69) is 55.2 Å². The Morgan fingerprint density at radius 3 is 2.81 bits per heavy atom. The van der Waals surface area contributed by atoms with Crippen molar-refractivity contribution < 1.29 is 4.79 Å². The lowest BCUT2D eigenvalue weighted by atomic mass is 9.97. The summed E-state index contributed by atoms with van der Waals surface area (Å²) in [6, 6.07) is 8.53. The van der Waals surface area contributed by atoms with E-state index in [9.17, 15) is 4.79 Å². The van der Waals surface area contributed by atoms with E-state index >= 15 is 0 Å². The van der Waals surface area contributed by atoms with Gasteiger partial charge >= 0.3 is 0 Å². The molecular weight excluding hydrogens is 410 g/mol. The van der Waals surface area contributed by atoms with Gasteiger partial charge in [0.2, 0.25) is 5.91 Å². The van der Waals surface area contributed by atoms with Gasteiger partial charge in [-0.25, -0.2) is 4.98 Å². The molecule has 8 nitrogen and oxygen atoms in total. The number of benzene rings is 1. The van der Waals surface area contributed by atoms with Crippen molar-refractivity contribution in [1.82, 2.24) is 20.5 Å². The molecule has 0 spiro atoms. The number of nitrogens with two attached hydrogens (primary N) is 1. The number of primary amides is 1. The van der Waals surface area contributed by atoms with Gasteiger partial charge in [0.05, 0.1) is 18.2 Å². The van der Waals surface area contributed by atoms with Crippen LogP contribution in [0, 0.1) is 5.92 Å². The van der Waals surface area contributed by atoms with Crippen LogP contribution in [0.5, 0.6) is 0 Å². The summed E-state index contributed by atoms with van der Waals surface area (Å²) < 4.78 is 0. The zero-order valence-corrected chi connectivity index (χ0v) is 19.4. The number of aliphatic imine (C=N–C) groups is 1. The van der Waals surface area contributed by atoms with Gasteiger partial charge < -0.3 is 21.3 Å². The lowest BCUT2D eigenvalue weighted by Gasteiger charge is -2.31. The first kappa shape index (κ1) is 23.0. The van der Waals surface area contributed by atoms with Gasteiger partial charge in [-0.3, -0.25) is 14.7 Å². The van der Waals surface area contributed by atoms with Crippen molar-refractivity contribution >= 4 is 28.3 Å². The van der Waals surface area contributed by atoms with Crippen molar-refractivity contribution in [2.24, 2.45) is 16.6 Å². The summed E-state index contributed by atoms with van der Waals surface area (Å²) in [5.41, 5.74) is 8.93. The van der Waals surface area contributed by atoms with Crippen LogP contribution >= 0.6 is 11.3 Å². The van der Waals surface area contributed by atoms with Crippen LogP contribution in [0.3, 0.4) is 0 Å². The molecule has 31 heavy (non-hydrogen) atoms. The number of aromatic nitrogens is 1. The summed E-state index contributed by atoms with van der Waals surface area (Å²) in [7, 11) is 5.75. The Kier molecular flexibility index (Phi) is 8.25. The zero-order valence-electron chi connectivity index (χ0n) is 18.6. The van der Waals surface area contributed by atoms with Crippen molar-refractivity contribution in [3.8, 4) is 0 Å². The topological polar surface area (TPSA) is 98.9 Å². The van der Waals surface area contributed by atoms with Gasteiger partial charge in [0.25, 0.3) is 0 Å². The molecule has 1 aliphatic rings. The summed E-state index contributed by atoms with van der Waals surface area (Å²) in [4.78, 5) is 24.7. The lowest BCUT2D eigenvalue weighted by molar-refractivity contribution is -0.123. The van der Waals surface area contributed by atoms with Gasteiger partial charge in [-0.05, 0) is 30.5 Å². The minimum absolute atomic E-state index is 0.0282. The number of carbonyl (C=O) groups is 1. The fourth-order valence-electron chi connectivity index (χ4n) is 3.69. The number of hydrogen-bond donors (Lipinski definition) is 3. The van der Waals surface area contributed by atoms with Crippen LogP contribution in [0.1, 0.15) is 29.7 Å². The van der Waals surface area contributed by atoms with E-state index < -0.39 is 0 Å². The maximum absolute atomic E-state index is 11.5. The molecule has 1 atom stereocenters. The smallest absolute Gasteiger partial charge is 0.221 e. The monoisotopic (exact) mass is 443 g/mol. The number of hydrogen-bond acceptors (Lipinski definition) is 6. The Bertz CT molecular complexity index is 895. The Labute approximate surface area is 188 Å². The maximum atomic E-state index is 11.5. The van der Waals surface area contributed by atoms with Crippen LogP contribution < -0.4 is 21.3 Å². The Morgan fingerprint density at radius 2 is 2.10 bits per heavy atom. The molecule has 1 amide bonds. The second-order valence-electron chi connectivity index (χ2n) is 8.09. The predicted molar refractivity (Wildman–Crippen MR) is 127 cm³/mol. The number of amides is 1. The number of anilines is 1. The van der Waals surface area contributed by atoms with E-state index in [1.165, 1.54) is 11.1 Å². The number of nitrogens with one attached hydrogen (secondary N) is 2. The summed E-state index contributed by atoms with van der Waals surface area (Å²) in [6.45, 7) is 3.90. The second-order valence-corrected chi connectivity index (χ2v) is 8.93. The number of thiazole rings is 1. The predicted octanol–water partition coefficient (Wildman–Crippen LogP) is 1.77. The van der Waals surface area contributed by atoms with E-state index in [4.69, 9.17) is 5.73 Å². The molecule has 168 valence electrons. The first-order valence-corrected chi connectivity index (χ1v) is 11.5. The second kappa shape index (κ2) is 11.1. The number of piperidine rings is 1. The third kappa shape index (κ3) is 6.93. The molecule has 1 unspecified atom stereocenters. The van der Waals surface area contributed by atoms with Crippen LogP contribution in [0.4, 0.5) is 5.13 Å². The highest BCUT2D eigenvalue weighted by molar-refractivity contribution is 7.13. The lowest BCUT2D eigenvalue weighted by Crippen LogP contribution is -2.40. The van der Waals surface area contributed by atoms with E-state index in [1.807, 2.05) is 19.0 Å². The van der Waals surface area contributed by atoms with Crippen molar-refractivity contribution in [2.45, 2.75) is 32.5 Å². The van der Waals surface area contributed by atoms with Crippen LogP contribution in [0.2, 0.25) is 0 Å². The minimum Gasteiger partial charge on any atom is -0.369 e. The molecule has 1 aromatic heterocycles. The van der Waals surface area contributed by atoms with Gasteiger partial charge in [0, 0.05) is 46.2 Å². The number of rotatable bonds is 8. The summed E-state index contributed by atoms with van der Waals surface area (Å²) in [5.74, 6) is 0.529. The normalized spacial score (nSPS) is 17.4. The van der Waals surface area contributed by atoms with Gasteiger partial charge in [-0.2, -0.15) is 0 Å². The summed E-state index contributed by atoms with van der Waals surface area (Å²) in [5, 5.41) is 9.74. The van der Waals surface area contributed by atoms with E-state index in [0.717, 1.165) is 49.3 Å². The van der Waals surface area contributed by atoms with Crippen LogP contribution in [-0.4, -0.2) is 56.0 Å². The van der Waals surface area contributed by atoms with Crippen LogP contribution in [0.25, 0.3) is 0 Å². The average Bonchev–Trinajstić information content (AvgIpc) is 3.24. The molecule has 1 aromatic carbocycles. The highest BCUT2D eigenvalue weighted by atomic mass is 32.1. The molecule has 0 bridgehead atoms. The third-order valence-corrected chi connectivity index (χ3v) is 6.41. The largest absolute Gasteiger partial charge is 0.369 e. The van der Waals surface area contributed by atoms with Crippen LogP contribution in [0.15, 0.2) is 34.6 Å². The molecular formula is C22H33N7OS. The first-order valence-electron chi connectivity index (χ1n) is 10.6. The molecule has 0 aliphatic carbocycles. The molecule has 1 aliphatic heterocycles. The zero-order chi connectivity index (χ0) is 22.2. The molecule has 0 saturated carbocycles. The SMILES string of the molecule is CN=C(NCc1cccc(CN2CCCC(C(N)=O)C2)c1)NCc1csc(N(C)C)n1. The molecule has 0 radical (unpaired) electrons. The fourth-order valence-corrected chi connectivity index (χ4v) is 4.45. The van der Waals surface area contributed by atoms with E-state index in [0.29, 0.717) is 13.1 Å². The fraction of sp³-hybridized carbons (Fsp3) is 0.500. The first-order chi connectivity index (χ1) is 14.9. The summed E-state index contributed by atoms with van der Waals surface area (Å²) in [6.07, 6.45) is 1.92.